The quantitative estimate of drug-likeness (QED) is 0.697. The first-order valence-corrected chi connectivity index (χ1v) is 6.43. The fraction of sp³-hybridized carbons (Fsp3) is 0.300. The molecule has 0 aromatic heterocycles. The Balaban J connectivity index is 2.65. The zero-order chi connectivity index (χ0) is 13.6. The lowest BCUT2D eigenvalue weighted by Gasteiger charge is -2.06. The van der Waals surface area contributed by atoms with Crippen LogP contribution in [0.3, 0.4) is 0 Å². The van der Waals surface area contributed by atoms with Crippen molar-refractivity contribution in [2.45, 2.75) is 11.3 Å². The second-order valence-electron chi connectivity index (χ2n) is 3.25. The molecule has 2 N–H and O–H groups in total. The molecule has 0 heterocycles. The molecule has 0 saturated heterocycles. The van der Waals surface area contributed by atoms with Crippen LogP contribution in [0, 0.1) is 0 Å². The SMILES string of the molecule is CONS(=O)(=O)c1ccc(OCCC(=O)O)cc1. The van der Waals surface area contributed by atoms with Crippen molar-refractivity contribution in [3.63, 3.8) is 0 Å². The Hall–Kier alpha value is -1.64. The summed E-state index contributed by atoms with van der Waals surface area (Å²) < 4.78 is 28.1. The molecule has 0 bridgehead atoms. The minimum absolute atomic E-state index is 0.0231. The van der Waals surface area contributed by atoms with Crippen LogP contribution in [0.2, 0.25) is 0 Å². The molecule has 8 heteroatoms. The predicted molar refractivity (Wildman–Crippen MR) is 61.5 cm³/mol. The van der Waals surface area contributed by atoms with Crippen molar-refractivity contribution in [2.24, 2.45) is 0 Å². The van der Waals surface area contributed by atoms with E-state index in [-0.39, 0.29) is 17.9 Å². The molecule has 0 radical (unpaired) electrons. The van der Waals surface area contributed by atoms with Gasteiger partial charge in [-0.15, -0.1) is 0 Å². The fourth-order valence-electron chi connectivity index (χ4n) is 1.13. The summed E-state index contributed by atoms with van der Waals surface area (Å²) in [5.74, 6) is -0.564. The van der Waals surface area contributed by atoms with Gasteiger partial charge in [0.1, 0.15) is 5.75 Å². The van der Waals surface area contributed by atoms with Crippen LogP contribution in [0.1, 0.15) is 6.42 Å². The van der Waals surface area contributed by atoms with Gasteiger partial charge in [-0.25, -0.2) is 8.42 Å². The predicted octanol–water partition coefficient (Wildman–Crippen LogP) is 0.380. The number of benzene rings is 1. The number of nitrogens with one attached hydrogen (secondary N) is 1. The zero-order valence-electron chi connectivity index (χ0n) is 9.62. The van der Waals surface area contributed by atoms with Crippen molar-refractivity contribution < 1.29 is 27.9 Å². The zero-order valence-corrected chi connectivity index (χ0v) is 10.4. The third kappa shape index (κ3) is 4.32. The Morgan fingerprint density at radius 3 is 2.44 bits per heavy atom. The van der Waals surface area contributed by atoms with Gasteiger partial charge in [0, 0.05) is 0 Å². The van der Waals surface area contributed by atoms with Crippen molar-refractivity contribution >= 4 is 16.0 Å². The molecule has 1 rings (SSSR count). The van der Waals surface area contributed by atoms with Gasteiger partial charge in [-0.1, -0.05) is 4.89 Å². The van der Waals surface area contributed by atoms with E-state index in [0.29, 0.717) is 5.75 Å². The van der Waals surface area contributed by atoms with E-state index >= 15 is 0 Å². The van der Waals surface area contributed by atoms with Gasteiger partial charge >= 0.3 is 5.97 Å². The van der Waals surface area contributed by atoms with E-state index in [2.05, 4.69) is 4.84 Å². The monoisotopic (exact) mass is 275 g/mol. The van der Waals surface area contributed by atoms with Crippen molar-refractivity contribution in [1.82, 2.24) is 4.89 Å². The van der Waals surface area contributed by atoms with Crippen LogP contribution < -0.4 is 9.62 Å². The summed E-state index contributed by atoms with van der Waals surface area (Å²) in [6, 6.07) is 5.53. The normalized spacial score (nSPS) is 11.2. The summed E-state index contributed by atoms with van der Waals surface area (Å²) in [6.07, 6.45) is -0.120. The molecule has 0 atom stereocenters. The van der Waals surface area contributed by atoms with Gasteiger partial charge in [0.25, 0.3) is 10.0 Å². The van der Waals surface area contributed by atoms with Crippen molar-refractivity contribution in [3.8, 4) is 5.75 Å². The molecule has 0 aliphatic rings. The number of carboxylic acids is 1. The number of sulfonamides is 1. The van der Waals surface area contributed by atoms with Crippen LogP contribution in [0.5, 0.6) is 5.75 Å². The molecule has 1 aromatic rings. The third-order valence-corrected chi connectivity index (χ3v) is 3.19. The lowest BCUT2D eigenvalue weighted by Crippen LogP contribution is -2.22. The van der Waals surface area contributed by atoms with Crippen LogP contribution in [0.4, 0.5) is 0 Å². The van der Waals surface area contributed by atoms with Gasteiger partial charge in [0.15, 0.2) is 0 Å². The minimum atomic E-state index is -3.68. The van der Waals surface area contributed by atoms with E-state index in [0.717, 1.165) is 0 Å². The molecule has 0 aliphatic heterocycles. The number of aliphatic carboxylic acids is 1. The molecule has 0 aliphatic carbocycles. The molecule has 0 saturated carbocycles. The van der Waals surface area contributed by atoms with Gasteiger partial charge in [0.05, 0.1) is 25.0 Å². The van der Waals surface area contributed by atoms with E-state index in [1.54, 1.807) is 0 Å². The topological polar surface area (TPSA) is 102 Å². The summed E-state index contributed by atoms with van der Waals surface area (Å²) in [6.45, 7) is 0.0255. The Kier molecular flexibility index (Phi) is 5.08. The smallest absolute Gasteiger partial charge is 0.306 e. The summed E-state index contributed by atoms with van der Waals surface area (Å²) in [5, 5.41) is 8.42. The maximum atomic E-state index is 11.5. The Morgan fingerprint density at radius 2 is 1.94 bits per heavy atom. The Morgan fingerprint density at radius 1 is 1.33 bits per heavy atom. The molecule has 100 valence electrons. The van der Waals surface area contributed by atoms with Crippen LogP contribution >= 0.6 is 0 Å². The van der Waals surface area contributed by atoms with E-state index in [9.17, 15) is 13.2 Å². The first-order valence-electron chi connectivity index (χ1n) is 4.95. The van der Waals surface area contributed by atoms with Crippen molar-refractivity contribution in [2.75, 3.05) is 13.7 Å². The highest BCUT2D eigenvalue weighted by atomic mass is 32.2. The van der Waals surface area contributed by atoms with Crippen molar-refractivity contribution in [1.29, 1.82) is 0 Å². The highest BCUT2D eigenvalue weighted by Crippen LogP contribution is 2.15. The Labute approximate surface area is 104 Å². The first kappa shape index (κ1) is 14.4. The van der Waals surface area contributed by atoms with Gasteiger partial charge in [-0.2, -0.15) is 0 Å². The van der Waals surface area contributed by atoms with Gasteiger partial charge in [0.2, 0.25) is 0 Å². The van der Waals surface area contributed by atoms with E-state index < -0.39 is 16.0 Å². The summed E-state index contributed by atoms with van der Waals surface area (Å²) in [4.78, 5) is 16.5. The highest BCUT2D eigenvalue weighted by Gasteiger charge is 2.13. The summed E-state index contributed by atoms with van der Waals surface area (Å²) in [7, 11) is -2.49. The molecular formula is C10H13NO6S. The van der Waals surface area contributed by atoms with E-state index in [4.69, 9.17) is 9.84 Å². The van der Waals surface area contributed by atoms with Gasteiger partial charge < -0.3 is 9.84 Å². The minimum Gasteiger partial charge on any atom is -0.493 e. The molecule has 18 heavy (non-hydrogen) atoms. The second-order valence-corrected chi connectivity index (χ2v) is 4.90. The number of ether oxygens (including phenoxy) is 1. The number of hydrogen-bond acceptors (Lipinski definition) is 5. The number of carboxylic acid groups (broad SMARTS) is 1. The molecule has 7 nitrogen and oxygen atoms in total. The standard InChI is InChI=1S/C10H13NO6S/c1-16-11-18(14,15)9-4-2-8(3-5-9)17-7-6-10(12)13/h2-5,11H,6-7H2,1H3,(H,12,13). The van der Waals surface area contributed by atoms with Crippen LogP contribution in [0.25, 0.3) is 0 Å². The van der Waals surface area contributed by atoms with E-state index in [1.165, 1.54) is 31.4 Å². The third-order valence-electron chi connectivity index (χ3n) is 1.91. The molecule has 0 fully saturated rings. The lowest BCUT2D eigenvalue weighted by atomic mass is 10.3. The average Bonchev–Trinajstić information content (AvgIpc) is 2.29. The van der Waals surface area contributed by atoms with Crippen LogP contribution in [-0.4, -0.2) is 33.2 Å². The maximum Gasteiger partial charge on any atom is 0.306 e. The number of hydrogen-bond donors (Lipinski definition) is 2. The molecular weight excluding hydrogens is 262 g/mol. The van der Waals surface area contributed by atoms with Crippen LogP contribution in [-0.2, 0) is 19.7 Å². The van der Waals surface area contributed by atoms with Gasteiger partial charge in [-0.05, 0) is 24.3 Å². The summed E-state index contributed by atoms with van der Waals surface area (Å²) >= 11 is 0. The highest BCUT2D eigenvalue weighted by molar-refractivity contribution is 7.89. The van der Waals surface area contributed by atoms with Crippen LogP contribution in [0.15, 0.2) is 29.2 Å². The maximum absolute atomic E-state index is 11.5. The Bertz CT molecular complexity index is 496. The molecule has 1 aromatic carbocycles. The molecule has 0 spiro atoms. The van der Waals surface area contributed by atoms with Crippen molar-refractivity contribution in [3.05, 3.63) is 24.3 Å². The largest absolute Gasteiger partial charge is 0.493 e. The average molecular weight is 275 g/mol. The second kappa shape index (κ2) is 6.34. The van der Waals surface area contributed by atoms with E-state index in [1.807, 2.05) is 4.89 Å². The number of carbonyl (C=O) groups is 1. The summed E-state index contributed by atoms with van der Waals surface area (Å²) in [5.41, 5.74) is 0. The number of rotatable bonds is 7. The van der Waals surface area contributed by atoms with Gasteiger partial charge in [-0.3, -0.25) is 9.63 Å². The molecule has 0 amide bonds. The lowest BCUT2D eigenvalue weighted by molar-refractivity contribution is -0.137. The first-order chi connectivity index (χ1) is 8.45. The molecule has 0 unspecified atom stereocenters. The fourth-order valence-corrected chi connectivity index (χ4v) is 1.94.